The highest BCUT2D eigenvalue weighted by atomic mass is 19.1. The summed E-state index contributed by atoms with van der Waals surface area (Å²) in [4.78, 5) is 0. The first kappa shape index (κ1) is 9.66. The minimum Gasteiger partial charge on any atom is -0.396 e. The fraction of sp³-hybridized carbons (Fsp3) is 0.500. The van der Waals surface area contributed by atoms with Gasteiger partial charge in [0.15, 0.2) is 0 Å². The van der Waals surface area contributed by atoms with Gasteiger partial charge in [0, 0.05) is 6.61 Å². The molecule has 0 aliphatic heterocycles. The summed E-state index contributed by atoms with van der Waals surface area (Å²) in [5.41, 5.74) is 2.03. The lowest BCUT2D eigenvalue weighted by molar-refractivity contribution is 0.211. The standard InChI is InChI=1S/C12H15FO/c1-9-4-10(6-11(13)5-9)7-12(8-14)2-3-12/h4-6,14H,2-3,7-8H2,1H3. The number of hydrogen-bond donors (Lipinski definition) is 1. The predicted molar refractivity (Wildman–Crippen MR) is 53.6 cm³/mol. The Hall–Kier alpha value is -0.890. The van der Waals surface area contributed by atoms with Crippen LogP contribution in [0.4, 0.5) is 4.39 Å². The Morgan fingerprint density at radius 3 is 2.57 bits per heavy atom. The van der Waals surface area contributed by atoms with E-state index in [1.54, 1.807) is 6.07 Å². The van der Waals surface area contributed by atoms with Crippen LogP contribution in [0.3, 0.4) is 0 Å². The zero-order chi connectivity index (χ0) is 10.2. The Balaban J connectivity index is 2.16. The molecule has 0 atom stereocenters. The number of aliphatic hydroxyl groups excluding tert-OH is 1. The van der Waals surface area contributed by atoms with Crippen molar-refractivity contribution >= 4 is 0 Å². The van der Waals surface area contributed by atoms with Crippen LogP contribution >= 0.6 is 0 Å². The third-order valence-corrected chi connectivity index (χ3v) is 2.97. The van der Waals surface area contributed by atoms with Gasteiger partial charge in [-0.15, -0.1) is 0 Å². The van der Waals surface area contributed by atoms with Crippen LogP contribution in [-0.4, -0.2) is 11.7 Å². The zero-order valence-electron chi connectivity index (χ0n) is 8.39. The normalized spacial score (nSPS) is 18.2. The fourth-order valence-corrected chi connectivity index (χ4v) is 1.91. The smallest absolute Gasteiger partial charge is 0.123 e. The maximum atomic E-state index is 13.1. The van der Waals surface area contributed by atoms with Gasteiger partial charge in [-0.1, -0.05) is 6.07 Å². The molecule has 0 unspecified atom stereocenters. The monoisotopic (exact) mass is 194 g/mol. The molecule has 1 aliphatic carbocycles. The molecule has 0 aromatic heterocycles. The van der Waals surface area contributed by atoms with Gasteiger partial charge in [-0.25, -0.2) is 4.39 Å². The molecule has 76 valence electrons. The summed E-state index contributed by atoms with van der Waals surface area (Å²) < 4.78 is 13.1. The third kappa shape index (κ3) is 1.95. The maximum absolute atomic E-state index is 13.1. The minimum atomic E-state index is -0.172. The molecule has 1 nitrogen and oxygen atoms in total. The summed E-state index contributed by atoms with van der Waals surface area (Å²) in [7, 11) is 0. The van der Waals surface area contributed by atoms with E-state index in [9.17, 15) is 4.39 Å². The first-order valence-electron chi connectivity index (χ1n) is 5.01. The van der Waals surface area contributed by atoms with Gasteiger partial charge in [0.1, 0.15) is 5.82 Å². The summed E-state index contributed by atoms with van der Waals surface area (Å²) in [5.74, 6) is -0.172. The van der Waals surface area contributed by atoms with Gasteiger partial charge in [-0.05, 0) is 54.9 Å². The average molecular weight is 194 g/mol. The molecule has 2 rings (SSSR count). The lowest BCUT2D eigenvalue weighted by Gasteiger charge is -2.11. The van der Waals surface area contributed by atoms with E-state index in [1.165, 1.54) is 6.07 Å². The van der Waals surface area contributed by atoms with Gasteiger partial charge >= 0.3 is 0 Å². The first-order valence-corrected chi connectivity index (χ1v) is 5.01. The van der Waals surface area contributed by atoms with E-state index in [-0.39, 0.29) is 17.8 Å². The third-order valence-electron chi connectivity index (χ3n) is 2.97. The average Bonchev–Trinajstić information content (AvgIpc) is 2.83. The number of rotatable bonds is 3. The highest BCUT2D eigenvalue weighted by molar-refractivity contribution is 5.25. The second kappa shape index (κ2) is 3.35. The molecule has 1 aromatic rings. The molecular weight excluding hydrogens is 179 g/mol. The molecule has 1 fully saturated rings. The summed E-state index contributed by atoms with van der Waals surface area (Å²) >= 11 is 0. The van der Waals surface area contributed by atoms with E-state index in [1.807, 2.05) is 13.0 Å². The van der Waals surface area contributed by atoms with E-state index in [2.05, 4.69) is 0 Å². The number of aryl methyl sites for hydroxylation is 1. The summed E-state index contributed by atoms with van der Waals surface area (Å²) in [5, 5.41) is 9.16. The van der Waals surface area contributed by atoms with Crippen molar-refractivity contribution in [3.63, 3.8) is 0 Å². The van der Waals surface area contributed by atoms with Crippen molar-refractivity contribution in [2.24, 2.45) is 5.41 Å². The van der Waals surface area contributed by atoms with Crippen LogP contribution < -0.4 is 0 Å². The van der Waals surface area contributed by atoms with E-state index in [0.717, 1.165) is 30.4 Å². The van der Waals surface area contributed by atoms with Crippen LogP contribution in [0, 0.1) is 18.2 Å². The Kier molecular flexibility index (Phi) is 2.31. The van der Waals surface area contributed by atoms with Crippen LogP contribution in [0.25, 0.3) is 0 Å². The van der Waals surface area contributed by atoms with Crippen molar-refractivity contribution in [1.82, 2.24) is 0 Å². The van der Waals surface area contributed by atoms with E-state index in [0.29, 0.717) is 0 Å². The molecule has 1 saturated carbocycles. The highest BCUT2D eigenvalue weighted by Crippen LogP contribution is 2.47. The predicted octanol–water partition coefficient (Wildman–Crippen LogP) is 2.45. The molecule has 14 heavy (non-hydrogen) atoms. The van der Waals surface area contributed by atoms with E-state index < -0.39 is 0 Å². The van der Waals surface area contributed by atoms with Crippen LogP contribution in [0.1, 0.15) is 24.0 Å². The SMILES string of the molecule is Cc1cc(F)cc(CC2(CO)CC2)c1. The highest BCUT2D eigenvalue weighted by Gasteiger charge is 2.41. The second-order valence-corrected chi connectivity index (χ2v) is 4.47. The Labute approximate surface area is 83.6 Å². The molecule has 0 saturated heterocycles. The number of halogens is 1. The number of hydrogen-bond acceptors (Lipinski definition) is 1. The zero-order valence-corrected chi connectivity index (χ0v) is 8.39. The van der Waals surface area contributed by atoms with Crippen LogP contribution in [-0.2, 0) is 6.42 Å². The van der Waals surface area contributed by atoms with Crippen molar-refractivity contribution in [2.45, 2.75) is 26.2 Å². The minimum absolute atomic E-state index is 0.0697. The molecule has 1 N–H and O–H groups in total. The topological polar surface area (TPSA) is 20.2 Å². The molecule has 0 heterocycles. The Bertz CT molecular complexity index is 322. The van der Waals surface area contributed by atoms with Gasteiger partial charge in [0.05, 0.1) is 0 Å². The maximum Gasteiger partial charge on any atom is 0.123 e. The molecule has 0 amide bonds. The van der Waals surface area contributed by atoms with Crippen molar-refractivity contribution in [2.75, 3.05) is 6.61 Å². The largest absolute Gasteiger partial charge is 0.396 e. The second-order valence-electron chi connectivity index (χ2n) is 4.47. The van der Waals surface area contributed by atoms with Crippen LogP contribution in [0.2, 0.25) is 0 Å². The van der Waals surface area contributed by atoms with Gasteiger partial charge in [-0.3, -0.25) is 0 Å². The molecular formula is C12H15FO. The van der Waals surface area contributed by atoms with Gasteiger partial charge in [0.2, 0.25) is 0 Å². The molecule has 0 spiro atoms. The molecule has 1 aromatic carbocycles. The summed E-state index contributed by atoms with van der Waals surface area (Å²) in [6.07, 6.45) is 2.94. The Morgan fingerprint density at radius 1 is 1.36 bits per heavy atom. The van der Waals surface area contributed by atoms with Crippen molar-refractivity contribution in [3.8, 4) is 0 Å². The molecule has 2 heteroatoms. The van der Waals surface area contributed by atoms with Gasteiger partial charge < -0.3 is 5.11 Å². The van der Waals surface area contributed by atoms with Gasteiger partial charge in [0.25, 0.3) is 0 Å². The lowest BCUT2D eigenvalue weighted by Crippen LogP contribution is -2.10. The molecule has 0 radical (unpaired) electrons. The van der Waals surface area contributed by atoms with Crippen molar-refractivity contribution in [1.29, 1.82) is 0 Å². The molecule has 1 aliphatic rings. The van der Waals surface area contributed by atoms with E-state index >= 15 is 0 Å². The summed E-state index contributed by atoms with van der Waals surface area (Å²) in [6, 6.07) is 5.10. The van der Waals surface area contributed by atoms with Crippen LogP contribution in [0.15, 0.2) is 18.2 Å². The lowest BCUT2D eigenvalue weighted by atomic mass is 9.96. The van der Waals surface area contributed by atoms with Crippen molar-refractivity contribution < 1.29 is 9.50 Å². The molecule has 0 bridgehead atoms. The number of benzene rings is 1. The first-order chi connectivity index (χ1) is 6.63. The Morgan fingerprint density at radius 2 is 2.07 bits per heavy atom. The summed E-state index contributed by atoms with van der Waals surface area (Å²) in [6.45, 7) is 2.12. The number of aliphatic hydroxyl groups is 1. The van der Waals surface area contributed by atoms with Crippen molar-refractivity contribution in [3.05, 3.63) is 35.1 Å². The van der Waals surface area contributed by atoms with Crippen LogP contribution in [0.5, 0.6) is 0 Å². The fourth-order valence-electron chi connectivity index (χ4n) is 1.91. The van der Waals surface area contributed by atoms with E-state index in [4.69, 9.17) is 5.11 Å². The van der Waals surface area contributed by atoms with Gasteiger partial charge in [-0.2, -0.15) is 0 Å². The quantitative estimate of drug-likeness (QED) is 0.783.